The summed E-state index contributed by atoms with van der Waals surface area (Å²) in [6.45, 7) is 4.02. The first-order chi connectivity index (χ1) is 9.08. The van der Waals surface area contributed by atoms with E-state index in [4.69, 9.17) is 11.6 Å². The summed E-state index contributed by atoms with van der Waals surface area (Å²) in [6, 6.07) is 3.62. The van der Waals surface area contributed by atoms with E-state index in [0.717, 1.165) is 15.3 Å². The molecule has 0 radical (unpaired) electrons. The minimum Gasteiger partial charge on any atom is -0.345 e. The lowest BCUT2D eigenvalue weighted by Crippen LogP contribution is -1.97. The lowest BCUT2D eigenvalue weighted by Gasteiger charge is -1.97. The van der Waals surface area contributed by atoms with Crippen molar-refractivity contribution in [2.75, 3.05) is 0 Å². The Morgan fingerprint density at radius 2 is 2.21 bits per heavy atom. The molecule has 5 heteroatoms. The zero-order chi connectivity index (χ0) is 13.6. The first kappa shape index (κ1) is 12.4. The molecule has 96 valence electrons. The van der Waals surface area contributed by atoms with Crippen molar-refractivity contribution in [3.8, 4) is 0 Å². The SMILES string of the molecule is Cc1cc(C(=O)c2c[nH]c3nccc(Cl)c23)sc1C. The fourth-order valence-corrected chi connectivity index (χ4v) is 3.25. The highest BCUT2D eigenvalue weighted by molar-refractivity contribution is 7.14. The summed E-state index contributed by atoms with van der Waals surface area (Å²) in [5.74, 6) is -0.0117. The fourth-order valence-electron chi connectivity index (χ4n) is 2.01. The van der Waals surface area contributed by atoms with E-state index in [1.807, 2.05) is 19.9 Å². The van der Waals surface area contributed by atoms with Crippen LogP contribution in [-0.2, 0) is 0 Å². The largest absolute Gasteiger partial charge is 0.345 e. The summed E-state index contributed by atoms with van der Waals surface area (Å²) in [5, 5.41) is 1.23. The summed E-state index contributed by atoms with van der Waals surface area (Å²) in [4.78, 5) is 21.6. The first-order valence-electron chi connectivity index (χ1n) is 5.81. The lowest BCUT2D eigenvalue weighted by atomic mass is 10.1. The molecule has 0 amide bonds. The molecule has 3 rings (SSSR count). The molecular weight excluding hydrogens is 280 g/mol. The van der Waals surface area contributed by atoms with E-state index in [-0.39, 0.29) is 5.78 Å². The number of nitrogens with one attached hydrogen (secondary N) is 1. The van der Waals surface area contributed by atoms with E-state index in [9.17, 15) is 4.79 Å². The molecular formula is C14H11ClN2OS. The second-order valence-corrected chi connectivity index (χ2v) is 6.06. The molecule has 0 aliphatic carbocycles. The van der Waals surface area contributed by atoms with Gasteiger partial charge in [-0.05, 0) is 31.5 Å². The molecule has 3 aromatic heterocycles. The molecule has 0 saturated heterocycles. The molecule has 1 N–H and O–H groups in total. The Hall–Kier alpha value is -1.65. The van der Waals surface area contributed by atoms with Crippen LogP contribution in [0.5, 0.6) is 0 Å². The van der Waals surface area contributed by atoms with Gasteiger partial charge in [0.05, 0.1) is 15.5 Å². The maximum Gasteiger partial charge on any atom is 0.205 e. The number of fused-ring (bicyclic) bond motifs is 1. The minimum atomic E-state index is -0.0117. The highest BCUT2D eigenvalue weighted by atomic mass is 35.5. The number of nitrogens with zero attached hydrogens (tertiary/aromatic N) is 1. The smallest absolute Gasteiger partial charge is 0.205 e. The third-order valence-electron chi connectivity index (χ3n) is 3.16. The number of aromatic amines is 1. The summed E-state index contributed by atoms with van der Waals surface area (Å²) in [5.41, 5.74) is 2.35. The number of carbonyl (C=O) groups is 1. The molecule has 0 aromatic carbocycles. The number of aromatic nitrogens is 2. The van der Waals surface area contributed by atoms with E-state index in [1.165, 1.54) is 11.3 Å². The van der Waals surface area contributed by atoms with Crippen LogP contribution in [0.2, 0.25) is 5.02 Å². The molecule has 19 heavy (non-hydrogen) atoms. The molecule has 3 heterocycles. The van der Waals surface area contributed by atoms with Gasteiger partial charge in [-0.3, -0.25) is 4.79 Å². The van der Waals surface area contributed by atoms with Gasteiger partial charge in [0.1, 0.15) is 5.65 Å². The van der Waals surface area contributed by atoms with Gasteiger partial charge in [0, 0.05) is 22.7 Å². The predicted molar refractivity (Wildman–Crippen MR) is 78.3 cm³/mol. The number of thiophene rings is 1. The average Bonchev–Trinajstić information content (AvgIpc) is 2.94. The molecule has 0 saturated carbocycles. The standard InChI is InChI=1S/C14H11ClN2OS/c1-7-5-11(19-8(7)2)13(18)9-6-17-14-12(9)10(15)3-4-16-14/h3-6H,1-2H3,(H,16,17). The number of pyridine rings is 1. The number of hydrogen-bond donors (Lipinski definition) is 1. The van der Waals surface area contributed by atoms with Crippen molar-refractivity contribution in [1.82, 2.24) is 9.97 Å². The van der Waals surface area contributed by atoms with Crippen molar-refractivity contribution in [2.24, 2.45) is 0 Å². The number of rotatable bonds is 2. The van der Waals surface area contributed by atoms with E-state index in [1.54, 1.807) is 18.5 Å². The Labute approximate surface area is 119 Å². The molecule has 0 spiro atoms. The lowest BCUT2D eigenvalue weighted by molar-refractivity contribution is 0.104. The maximum atomic E-state index is 12.5. The van der Waals surface area contributed by atoms with Gasteiger partial charge in [0.15, 0.2) is 0 Å². The topological polar surface area (TPSA) is 45.8 Å². The summed E-state index contributed by atoms with van der Waals surface area (Å²) in [6.07, 6.45) is 3.30. The zero-order valence-electron chi connectivity index (χ0n) is 10.5. The van der Waals surface area contributed by atoms with Crippen LogP contribution < -0.4 is 0 Å². The fraction of sp³-hybridized carbons (Fsp3) is 0.143. The third-order valence-corrected chi connectivity index (χ3v) is 4.62. The van der Waals surface area contributed by atoms with Crippen molar-refractivity contribution in [3.63, 3.8) is 0 Å². The third kappa shape index (κ3) is 1.97. The Morgan fingerprint density at radius 1 is 1.42 bits per heavy atom. The van der Waals surface area contributed by atoms with Crippen molar-refractivity contribution < 1.29 is 4.79 Å². The van der Waals surface area contributed by atoms with E-state index in [2.05, 4.69) is 9.97 Å². The molecule has 3 nitrogen and oxygen atoms in total. The number of aryl methyl sites for hydroxylation is 2. The van der Waals surface area contributed by atoms with Gasteiger partial charge in [-0.25, -0.2) is 4.98 Å². The minimum absolute atomic E-state index is 0.0117. The van der Waals surface area contributed by atoms with E-state index < -0.39 is 0 Å². The monoisotopic (exact) mass is 290 g/mol. The maximum absolute atomic E-state index is 12.5. The Morgan fingerprint density at radius 3 is 2.89 bits per heavy atom. The Kier molecular flexibility index (Phi) is 2.92. The van der Waals surface area contributed by atoms with Crippen LogP contribution in [-0.4, -0.2) is 15.8 Å². The molecule has 0 aliphatic heterocycles. The van der Waals surface area contributed by atoms with E-state index >= 15 is 0 Å². The Balaban J connectivity index is 2.17. The highest BCUT2D eigenvalue weighted by Gasteiger charge is 2.18. The molecule has 0 fully saturated rings. The van der Waals surface area contributed by atoms with Crippen LogP contribution in [0, 0.1) is 13.8 Å². The number of H-pyrrole nitrogens is 1. The average molecular weight is 291 g/mol. The normalized spacial score (nSPS) is 11.1. The van der Waals surface area contributed by atoms with Crippen molar-refractivity contribution in [2.45, 2.75) is 13.8 Å². The zero-order valence-corrected chi connectivity index (χ0v) is 12.0. The number of ketones is 1. The van der Waals surface area contributed by atoms with Crippen LogP contribution in [0.4, 0.5) is 0 Å². The Bertz CT molecular complexity index is 768. The second-order valence-electron chi connectivity index (χ2n) is 4.40. The second kappa shape index (κ2) is 4.47. The molecule has 0 unspecified atom stereocenters. The molecule has 0 atom stereocenters. The van der Waals surface area contributed by atoms with Crippen LogP contribution >= 0.6 is 22.9 Å². The van der Waals surface area contributed by atoms with Crippen molar-refractivity contribution >= 4 is 39.8 Å². The van der Waals surface area contributed by atoms with Crippen LogP contribution in [0.25, 0.3) is 11.0 Å². The van der Waals surface area contributed by atoms with Gasteiger partial charge >= 0.3 is 0 Å². The van der Waals surface area contributed by atoms with Gasteiger partial charge < -0.3 is 4.98 Å². The molecule has 0 bridgehead atoms. The first-order valence-corrected chi connectivity index (χ1v) is 7.00. The van der Waals surface area contributed by atoms with Gasteiger partial charge in [-0.2, -0.15) is 0 Å². The quantitative estimate of drug-likeness (QED) is 0.721. The van der Waals surface area contributed by atoms with Crippen molar-refractivity contribution in [1.29, 1.82) is 0 Å². The van der Waals surface area contributed by atoms with Gasteiger partial charge in [0.25, 0.3) is 0 Å². The summed E-state index contributed by atoms with van der Waals surface area (Å²) >= 11 is 7.67. The summed E-state index contributed by atoms with van der Waals surface area (Å²) < 4.78 is 0. The van der Waals surface area contributed by atoms with Gasteiger partial charge in [-0.1, -0.05) is 11.6 Å². The van der Waals surface area contributed by atoms with Crippen LogP contribution in [0.1, 0.15) is 25.7 Å². The summed E-state index contributed by atoms with van der Waals surface area (Å²) in [7, 11) is 0. The van der Waals surface area contributed by atoms with E-state index in [0.29, 0.717) is 21.6 Å². The van der Waals surface area contributed by atoms with Gasteiger partial charge in [-0.15, -0.1) is 11.3 Å². The van der Waals surface area contributed by atoms with Crippen LogP contribution in [0.15, 0.2) is 24.5 Å². The number of halogens is 1. The van der Waals surface area contributed by atoms with Crippen molar-refractivity contribution in [3.05, 3.63) is 50.4 Å². The highest BCUT2D eigenvalue weighted by Crippen LogP contribution is 2.29. The molecule has 3 aromatic rings. The number of hydrogen-bond acceptors (Lipinski definition) is 3. The number of carbonyl (C=O) groups excluding carboxylic acids is 1. The predicted octanol–water partition coefficient (Wildman–Crippen LogP) is 4.13. The molecule has 0 aliphatic rings. The van der Waals surface area contributed by atoms with Crippen LogP contribution in [0.3, 0.4) is 0 Å². The van der Waals surface area contributed by atoms with Gasteiger partial charge in [0.2, 0.25) is 5.78 Å².